The molecule has 1 heterocycles. The highest BCUT2D eigenvalue weighted by molar-refractivity contribution is 5.99. The molecule has 0 saturated carbocycles. The van der Waals surface area contributed by atoms with Gasteiger partial charge in [-0.3, -0.25) is 4.79 Å². The van der Waals surface area contributed by atoms with Gasteiger partial charge in [0.2, 0.25) is 0 Å². The number of rotatable bonds is 5. The van der Waals surface area contributed by atoms with Crippen LogP contribution in [0.25, 0.3) is 11.4 Å². The Morgan fingerprint density at radius 2 is 1.91 bits per heavy atom. The molecule has 0 bridgehead atoms. The van der Waals surface area contributed by atoms with E-state index in [9.17, 15) is 4.79 Å². The molecule has 0 aliphatic rings. The van der Waals surface area contributed by atoms with Gasteiger partial charge in [0, 0.05) is 31.9 Å². The predicted octanol–water partition coefficient (Wildman–Crippen LogP) is 3.05. The largest absolute Gasteiger partial charge is 0.362 e. The van der Waals surface area contributed by atoms with Crippen LogP contribution >= 0.6 is 0 Å². The van der Waals surface area contributed by atoms with Gasteiger partial charge in [0.05, 0.1) is 0 Å². The van der Waals surface area contributed by atoms with E-state index in [1.165, 1.54) is 5.56 Å². The predicted molar refractivity (Wildman–Crippen MR) is 93.8 cm³/mol. The van der Waals surface area contributed by atoms with E-state index in [1.807, 2.05) is 64.0 Å². The topological polar surface area (TPSA) is 58.1 Å². The van der Waals surface area contributed by atoms with Crippen molar-refractivity contribution in [3.8, 4) is 11.4 Å². The summed E-state index contributed by atoms with van der Waals surface area (Å²) in [6, 6.07) is 8.15. The molecule has 5 heteroatoms. The summed E-state index contributed by atoms with van der Waals surface area (Å²) in [5.41, 5.74) is 2.62. The number of nitrogens with zero attached hydrogens (tertiary/aromatic N) is 3. The first-order valence-electron chi connectivity index (χ1n) is 7.84. The van der Waals surface area contributed by atoms with Crippen LogP contribution in [0.3, 0.4) is 0 Å². The lowest BCUT2D eigenvalue weighted by Crippen LogP contribution is -2.33. The van der Waals surface area contributed by atoms with Crippen molar-refractivity contribution in [3.05, 3.63) is 41.6 Å². The number of aromatic nitrogens is 2. The van der Waals surface area contributed by atoms with E-state index < -0.39 is 0 Å². The molecule has 1 unspecified atom stereocenters. The Labute approximate surface area is 137 Å². The van der Waals surface area contributed by atoms with E-state index in [2.05, 4.69) is 15.3 Å². The van der Waals surface area contributed by atoms with Crippen LogP contribution in [-0.2, 0) is 0 Å². The summed E-state index contributed by atoms with van der Waals surface area (Å²) in [6.45, 7) is 6.06. The van der Waals surface area contributed by atoms with Crippen molar-refractivity contribution in [3.63, 3.8) is 0 Å². The van der Waals surface area contributed by atoms with Crippen molar-refractivity contribution in [2.75, 3.05) is 19.0 Å². The zero-order valence-corrected chi connectivity index (χ0v) is 14.4. The van der Waals surface area contributed by atoms with Gasteiger partial charge in [-0.2, -0.15) is 0 Å². The summed E-state index contributed by atoms with van der Waals surface area (Å²) < 4.78 is 0. The van der Waals surface area contributed by atoms with Crippen molar-refractivity contribution in [2.45, 2.75) is 33.2 Å². The Hall–Kier alpha value is -2.43. The van der Waals surface area contributed by atoms with Crippen LogP contribution in [0.15, 0.2) is 30.5 Å². The minimum atomic E-state index is -0.140. The minimum Gasteiger partial charge on any atom is -0.362 e. The zero-order valence-electron chi connectivity index (χ0n) is 14.4. The Balaban J connectivity index is 2.38. The molecule has 1 amide bonds. The second-order valence-corrected chi connectivity index (χ2v) is 5.97. The highest BCUT2D eigenvalue weighted by Gasteiger charge is 2.18. The van der Waals surface area contributed by atoms with Crippen molar-refractivity contribution in [2.24, 2.45) is 0 Å². The highest BCUT2D eigenvalue weighted by atomic mass is 16.1. The van der Waals surface area contributed by atoms with E-state index >= 15 is 0 Å². The number of nitrogens with one attached hydrogen (secondary N) is 1. The normalized spacial score (nSPS) is 11.9. The standard InChI is InChI=1S/C18H24N4O/c1-6-13(3)20-18(23)15-11-19-16(21-17(15)22(4)5)14-9-7-12(2)8-10-14/h7-11,13H,6H2,1-5H3,(H,20,23). The minimum absolute atomic E-state index is 0.120. The molecule has 0 radical (unpaired) electrons. The molecular weight excluding hydrogens is 288 g/mol. The zero-order chi connectivity index (χ0) is 17.0. The summed E-state index contributed by atoms with van der Waals surface area (Å²) in [4.78, 5) is 23.2. The second-order valence-electron chi connectivity index (χ2n) is 5.97. The molecule has 0 aliphatic heterocycles. The van der Waals surface area contributed by atoms with Crippen LogP contribution in [0.2, 0.25) is 0 Å². The van der Waals surface area contributed by atoms with Gasteiger partial charge in [-0.15, -0.1) is 0 Å². The maximum absolute atomic E-state index is 12.4. The third-order valence-corrected chi connectivity index (χ3v) is 3.74. The lowest BCUT2D eigenvalue weighted by atomic mass is 10.1. The number of anilines is 1. The van der Waals surface area contributed by atoms with Gasteiger partial charge in [0.15, 0.2) is 5.82 Å². The Morgan fingerprint density at radius 1 is 1.26 bits per heavy atom. The monoisotopic (exact) mass is 312 g/mol. The summed E-state index contributed by atoms with van der Waals surface area (Å²) >= 11 is 0. The van der Waals surface area contributed by atoms with Gasteiger partial charge in [-0.1, -0.05) is 36.8 Å². The molecule has 1 aromatic heterocycles. The summed E-state index contributed by atoms with van der Waals surface area (Å²) in [5.74, 6) is 1.10. The number of hydrogen-bond acceptors (Lipinski definition) is 4. The Morgan fingerprint density at radius 3 is 2.48 bits per heavy atom. The maximum atomic E-state index is 12.4. The molecule has 122 valence electrons. The first-order valence-corrected chi connectivity index (χ1v) is 7.84. The smallest absolute Gasteiger partial charge is 0.256 e. The second kappa shape index (κ2) is 7.22. The van der Waals surface area contributed by atoms with Gasteiger partial charge in [0.1, 0.15) is 11.4 Å². The van der Waals surface area contributed by atoms with Crippen molar-refractivity contribution in [1.29, 1.82) is 0 Å². The number of hydrogen-bond donors (Lipinski definition) is 1. The lowest BCUT2D eigenvalue weighted by molar-refractivity contribution is 0.0939. The number of carbonyl (C=O) groups excluding carboxylic acids is 1. The van der Waals surface area contributed by atoms with Gasteiger partial charge < -0.3 is 10.2 Å². The molecule has 0 fully saturated rings. The molecular formula is C18H24N4O. The van der Waals surface area contributed by atoms with E-state index in [1.54, 1.807) is 6.20 Å². The van der Waals surface area contributed by atoms with Crippen LogP contribution in [0, 0.1) is 6.92 Å². The Kier molecular flexibility index (Phi) is 5.32. The van der Waals surface area contributed by atoms with Gasteiger partial charge in [-0.25, -0.2) is 9.97 Å². The quantitative estimate of drug-likeness (QED) is 0.922. The van der Waals surface area contributed by atoms with Crippen molar-refractivity contribution < 1.29 is 4.79 Å². The van der Waals surface area contributed by atoms with E-state index in [0.29, 0.717) is 17.2 Å². The maximum Gasteiger partial charge on any atom is 0.256 e. The van der Waals surface area contributed by atoms with Crippen LogP contribution in [-0.4, -0.2) is 36.0 Å². The Bertz CT molecular complexity index is 680. The first-order chi connectivity index (χ1) is 10.9. The van der Waals surface area contributed by atoms with E-state index in [-0.39, 0.29) is 11.9 Å². The molecule has 0 saturated heterocycles. The SMILES string of the molecule is CCC(C)NC(=O)c1cnc(-c2ccc(C)cc2)nc1N(C)C. The van der Waals surface area contributed by atoms with Gasteiger partial charge in [-0.05, 0) is 20.3 Å². The highest BCUT2D eigenvalue weighted by Crippen LogP contribution is 2.21. The fourth-order valence-electron chi connectivity index (χ4n) is 2.12. The summed E-state index contributed by atoms with van der Waals surface area (Å²) in [5, 5.41) is 2.96. The fraction of sp³-hybridized carbons (Fsp3) is 0.389. The molecule has 1 aromatic carbocycles. The molecule has 0 aliphatic carbocycles. The summed E-state index contributed by atoms with van der Waals surface area (Å²) in [6.07, 6.45) is 2.49. The summed E-state index contributed by atoms with van der Waals surface area (Å²) in [7, 11) is 3.75. The molecule has 5 nitrogen and oxygen atoms in total. The van der Waals surface area contributed by atoms with Crippen LogP contribution in [0.1, 0.15) is 36.2 Å². The van der Waals surface area contributed by atoms with Gasteiger partial charge >= 0.3 is 0 Å². The van der Waals surface area contributed by atoms with Crippen LogP contribution in [0.5, 0.6) is 0 Å². The fourth-order valence-corrected chi connectivity index (χ4v) is 2.12. The number of benzene rings is 1. The molecule has 2 aromatic rings. The van der Waals surface area contributed by atoms with Crippen LogP contribution < -0.4 is 10.2 Å². The number of aryl methyl sites for hydroxylation is 1. The first kappa shape index (κ1) is 16.9. The molecule has 1 N–H and O–H groups in total. The lowest BCUT2D eigenvalue weighted by Gasteiger charge is -2.18. The molecule has 2 rings (SSSR count). The van der Waals surface area contributed by atoms with Gasteiger partial charge in [0.25, 0.3) is 5.91 Å². The van der Waals surface area contributed by atoms with Crippen molar-refractivity contribution >= 4 is 11.7 Å². The molecule has 23 heavy (non-hydrogen) atoms. The van der Waals surface area contributed by atoms with E-state index in [0.717, 1.165) is 12.0 Å². The molecule has 0 spiro atoms. The number of amides is 1. The third-order valence-electron chi connectivity index (χ3n) is 3.74. The average molecular weight is 312 g/mol. The molecule has 1 atom stereocenters. The van der Waals surface area contributed by atoms with E-state index in [4.69, 9.17) is 0 Å². The van der Waals surface area contributed by atoms with Crippen LogP contribution in [0.4, 0.5) is 5.82 Å². The third kappa shape index (κ3) is 4.06. The van der Waals surface area contributed by atoms with Crippen molar-refractivity contribution in [1.82, 2.24) is 15.3 Å². The average Bonchev–Trinajstić information content (AvgIpc) is 2.54. The number of carbonyl (C=O) groups is 1.